The Balaban J connectivity index is 1.89. The van der Waals surface area contributed by atoms with Crippen LogP contribution < -0.4 is 11.1 Å². The fourth-order valence-electron chi connectivity index (χ4n) is 2.11. The Bertz CT molecular complexity index is 321. The van der Waals surface area contributed by atoms with Crippen molar-refractivity contribution < 1.29 is 19.4 Å². The monoisotopic (exact) mass is 242 g/mol. The van der Waals surface area contributed by atoms with E-state index in [4.69, 9.17) is 15.6 Å². The molecule has 1 saturated heterocycles. The third-order valence-electron chi connectivity index (χ3n) is 3.46. The SMILES string of the molecule is NC(CC(=O)NC1(C(=O)O)CCOC1)C1CC1. The summed E-state index contributed by atoms with van der Waals surface area (Å²) in [6, 6.07) is -0.150. The van der Waals surface area contributed by atoms with Crippen LogP contribution in [0.15, 0.2) is 0 Å². The molecule has 1 aliphatic heterocycles. The summed E-state index contributed by atoms with van der Waals surface area (Å²) in [5.74, 6) is -0.901. The lowest BCUT2D eigenvalue weighted by molar-refractivity contribution is -0.147. The molecule has 1 heterocycles. The highest BCUT2D eigenvalue weighted by Crippen LogP contribution is 2.32. The average molecular weight is 242 g/mol. The second-order valence-electron chi connectivity index (χ2n) is 4.94. The van der Waals surface area contributed by atoms with Gasteiger partial charge in [-0.25, -0.2) is 4.79 Å². The van der Waals surface area contributed by atoms with Crippen LogP contribution in [0.25, 0.3) is 0 Å². The van der Waals surface area contributed by atoms with Gasteiger partial charge in [-0.05, 0) is 18.8 Å². The molecular weight excluding hydrogens is 224 g/mol. The fourth-order valence-corrected chi connectivity index (χ4v) is 2.11. The van der Waals surface area contributed by atoms with Gasteiger partial charge in [-0.2, -0.15) is 0 Å². The number of nitrogens with one attached hydrogen (secondary N) is 1. The summed E-state index contributed by atoms with van der Waals surface area (Å²) in [4.78, 5) is 22.9. The van der Waals surface area contributed by atoms with Crippen molar-refractivity contribution in [3.8, 4) is 0 Å². The Hall–Kier alpha value is -1.14. The molecule has 1 amide bonds. The summed E-state index contributed by atoms with van der Waals surface area (Å²) in [7, 11) is 0. The van der Waals surface area contributed by atoms with E-state index >= 15 is 0 Å². The minimum atomic E-state index is -1.25. The summed E-state index contributed by atoms with van der Waals surface area (Å²) >= 11 is 0. The number of hydrogen-bond donors (Lipinski definition) is 3. The van der Waals surface area contributed by atoms with Gasteiger partial charge in [0.25, 0.3) is 0 Å². The van der Waals surface area contributed by atoms with Crippen LogP contribution in [-0.2, 0) is 14.3 Å². The van der Waals surface area contributed by atoms with Crippen molar-refractivity contribution >= 4 is 11.9 Å². The number of carbonyl (C=O) groups excluding carboxylic acids is 1. The zero-order valence-electron chi connectivity index (χ0n) is 9.65. The van der Waals surface area contributed by atoms with Gasteiger partial charge in [0.2, 0.25) is 5.91 Å². The van der Waals surface area contributed by atoms with Gasteiger partial charge in [-0.3, -0.25) is 4.79 Å². The molecule has 0 aromatic rings. The number of amides is 1. The van der Waals surface area contributed by atoms with Gasteiger partial charge in [-0.15, -0.1) is 0 Å². The highest BCUT2D eigenvalue weighted by atomic mass is 16.5. The van der Waals surface area contributed by atoms with E-state index in [1.54, 1.807) is 0 Å². The van der Waals surface area contributed by atoms with Crippen LogP contribution in [0.5, 0.6) is 0 Å². The molecule has 0 bridgehead atoms. The van der Waals surface area contributed by atoms with Crippen LogP contribution in [0.3, 0.4) is 0 Å². The van der Waals surface area contributed by atoms with Crippen LogP contribution >= 0.6 is 0 Å². The summed E-state index contributed by atoms with van der Waals surface area (Å²) in [6.45, 7) is 0.397. The van der Waals surface area contributed by atoms with Crippen LogP contribution in [0.1, 0.15) is 25.7 Å². The molecule has 2 rings (SSSR count). The van der Waals surface area contributed by atoms with E-state index in [2.05, 4.69) is 5.32 Å². The van der Waals surface area contributed by atoms with E-state index in [0.717, 1.165) is 12.8 Å². The maximum absolute atomic E-state index is 11.7. The predicted octanol–water partition coefficient (Wildman–Crippen LogP) is -0.526. The Labute approximate surface area is 99.5 Å². The van der Waals surface area contributed by atoms with E-state index in [1.165, 1.54) is 0 Å². The van der Waals surface area contributed by atoms with Gasteiger partial charge in [0.1, 0.15) is 0 Å². The summed E-state index contributed by atoms with van der Waals surface area (Å²) in [5, 5.41) is 11.7. The molecule has 2 fully saturated rings. The number of hydrogen-bond acceptors (Lipinski definition) is 4. The number of rotatable bonds is 5. The number of aliphatic carboxylic acids is 1. The Morgan fingerprint density at radius 3 is 2.71 bits per heavy atom. The Kier molecular flexibility index (Phi) is 3.35. The molecule has 2 atom stereocenters. The van der Waals surface area contributed by atoms with E-state index in [0.29, 0.717) is 18.9 Å². The normalized spacial score (nSPS) is 29.9. The molecule has 0 aromatic heterocycles. The molecule has 0 aromatic carbocycles. The van der Waals surface area contributed by atoms with Crippen molar-refractivity contribution in [2.75, 3.05) is 13.2 Å². The van der Waals surface area contributed by atoms with Gasteiger partial charge < -0.3 is 20.9 Å². The number of nitrogens with two attached hydrogens (primary N) is 1. The average Bonchev–Trinajstić information content (AvgIpc) is 3.00. The van der Waals surface area contributed by atoms with Crippen LogP contribution in [0.2, 0.25) is 0 Å². The Morgan fingerprint density at radius 2 is 2.24 bits per heavy atom. The smallest absolute Gasteiger partial charge is 0.331 e. The third kappa shape index (κ3) is 2.76. The van der Waals surface area contributed by atoms with Crippen molar-refractivity contribution in [1.82, 2.24) is 5.32 Å². The molecule has 0 radical (unpaired) electrons. The summed E-state index contributed by atoms with van der Waals surface area (Å²) in [6.07, 6.45) is 2.65. The standard InChI is InChI=1S/C11H18N2O4/c12-8(7-1-2-7)5-9(14)13-11(10(15)16)3-4-17-6-11/h7-8H,1-6,12H2,(H,13,14)(H,15,16). The first kappa shape index (κ1) is 12.3. The van der Waals surface area contributed by atoms with Gasteiger partial charge in [0.15, 0.2) is 5.54 Å². The maximum Gasteiger partial charge on any atom is 0.331 e. The zero-order chi connectivity index (χ0) is 12.5. The van der Waals surface area contributed by atoms with Crippen molar-refractivity contribution in [1.29, 1.82) is 0 Å². The van der Waals surface area contributed by atoms with Gasteiger partial charge >= 0.3 is 5.97 Å². The van der Waals surface area contributed by atoms with Crippen molar-refractivity contribution in [2.45, 2.75) is 37.3 Å². The van der Waals surface area contributed by atoms with E-state index in [1.807, 2.05) is 0 Å². The lowest BCUT2D eigenvalue weighted by Gasteiger charge is -2.24. The number of carbonyl (C=O) groups is 2. The molecular formula is C11H18N2O4. The van der Waals surface area contributed by atoms with Crippen molar-refractivity contribution in [3.63, 3.8) is 0 Å². The number of ether oxygens (including phenoxy) is 1. The minimum absolute atomic E-state index is 0.0345. The molecule has 0 spiro atoms. The Morgan fingerprint density at radius 1 is 1.53 bits per heavy atom. The molecule has 6 heteroatoms. The second kappa shape index (κ2) is 4.62. The first-order valence-electron chi connectivity index (χ1n) is 5.91. The minimum Gasteiger partial charge on any atom is -0.479 e. The molecule has 1 aliphatic carbocycles. The first-order chi connectivity index (χ1) is 8.03. The zero-order valence-corrected chi connectivity index (χ0v) is 9.65. The fraction of sp³-hybridized carbons (Fsp3) is 0.818. The summed E-state index contributed by atoms with van der Waals surface area (Å²) < 4.78 is 5.06. The van der Waals surface area contributed by atoms with Crippen LogP contribution in [-0.4, -0.2) is 41.8 Å². The van der Waals surface area contributed by atoms with Crippen LogP contribution in [0.4, 0.5) is 0 Å². The van der Waals surface area contributed by atoms with Gasteiger partial charge in [0, 0.05) is 25.5 Å². The molecule has 1 saturated carbocycles. The van der Waals surface area contributed by atoms with E-state index < -0.39 is 11.5 Å². The van der Waals surface area contributed by atoms with E-state index in [9.17, 15) is 9.59 Å². The molecule has 2 unspecified atom stereocenters. The molecule has 4 N–H and O–H groups in total. The number of carboxylic acids is 1. The lowest BCUT2D eigenvalue weighted by Crippen LogP contribution is -2.56. The summed E-state index contributed by atoms with van der Waals surface area (Å²) in [5.41, 5.74) is 4.58. The lowest BCUT2D eigenvalue weighted by atomic mass is 9.98. The van der Waals surface area contributed by atoms with Crippen molar-refractivity contribution in [2.24, 2.45) is 11.7 Å². The van der Waals surface area contributed by atoms with Gasteiger partial charge in [0.05, 0.1) is 6.61 Å². The topological polar surface area (TPSA) is 102 Å². The quantitative estimate of drug-likeness (QED) is 0.601. The van der Waals surface area contributed by atoms with Crippen LogP contribution in [0, 0.1) is 5.92 Å². The maximum atomic E-state index is 11.7. The highest BCUT2D eigenvalue weighted by molar-refractivity contribution is 5.87. The second-order valence-corrected chi connectivity index (χ2v) is 4.94. The number of carboxylic acid groups (broad SMARTS) is 1. The first-order valence-corrected chi connectivity index (χ1v) is 5.91. The third-order valence-corrected chi connectivity index (χ3v) is 3.46. The molecule has 96 valence electrons. The molecule has 2 aliphatic rings. The highest BCUT2D eigenvalue weighted by Gasteiger charge is 2.44. The molecule has 6 nitrogen and oxygen atoms in total. The molecule has 17 heavy (non-hydrogen) atoms. The van der Waals surface area contributed by atoms with E-state index in [-0.39, 0.29) is 25.0 Å². The van der Waals surface area contributed by atoms with Gasteiger partial charge in [-0.1, -0.05) is 0 Å². The largest absolute Gasteiger partial charge is 0.479 e. The van der Waals surface area contributed by atoms with Crippen molar-refractivity contribution in [3.05, 3.63) is 0 Å². The predicted molar refractivity (Wildman–Crippen MR) is 59.3 cm³/mol.